The average Bonchev–Trinajstić information content (AvgIpc) is 2.26. The molecule has 2 rings (SSSR count). The van der Waals surface area contributed by atoms with E-state index in [0.29, 0.717) is 0 Å². The van der Waals surface area contributed by atoms with Gasteiger partial charge in [-0.3, -0.25) is 0 Å². The van der Waals surface area contributed by atoms with Crippen LogP contribution in [0.5, 0.6) is 0 Å². The van der Waals surface area contributed by atoms with Crippen molar-refractivity contribution in [2.24, 2.45) is 0 Å². The molecule has 0 unspecified atom stereocenters. The highest BCUT2D eigenvalue weighted by Crippen LogP contribution is 2.22. The Balaban J connectivity index is 2.56. The van der Waals surface area contributed by atoms with Crippen molar-refractivity contribution in [1.29, 1.82) is 0 Å². The van der Waals surface area contributed by atoms with Crippen molar-refractivity contribution in [1.82, 2.24) is 9.97 Å². The first-order valence-corrected chi connectivity index (χ1v) is 5.77. The number of pyridine rings is 2. The first kappa shape index (κ1) is 11.1. The quantitative estimate of drug-likeness (QED) is 0.726. The summed E-state index contributed by atoms with van der Waals surface area (Å²) >= 11 is 0. The third-order valence-corrected chi connectivity index (χ3v) is 2.78. The van der Waals surface area contributed by atoms with Gasteiger partial charge in [0.15, 0.2) is 5.65 Å². The molecule has 0 aromatic carbocycles. The zero-order chi connectivity index (χ0) is 11.8. The molecule has 0 aliphatic carbocycles. The minimum absolute atomic E-state index is 0.0826. The van der Waals surface area contributed by atoms with Gasteiger partial charge in [-0.05, 0) is 30.2 Å². The van der Waals surface area contributed by atoms with Gasteiger partial charge in [0.25, 0.3) is 0 Å². The van der Waals surface area contributed by atoms with Crippen LogP contribution in [0.3, 0.4) is 0 Å². The topological polar surface area (TPSA) is 25.8 Å². The molecular formula is C14H18N2. The summed E-state index contributed by atoms with van der Waals surface area (Å²) in [5.41, 5.74) is 3.29. The number of nitrogens with zero attached hydrogens (tertiary/aromatic N) is 2. The Bertz CT molecular complexity index is 510. The van der Waals surface area contributed by atoms with E-state index in [9.17, 15) is 0 Å². The summed E-state index contributed by atoms with van der Waals surface area (Å²) in [5.74, 6) is 0. The molecule has 16 heavy (non-hydrogen) atoms. The van der Waals surface area contributed by atoms with Gasteiger partial charge in [0.05, 0.1) is 0 Å². The predicted molar refractivity (Wildman–Crippen MR) is 67.6 cm³/mol. The maximum atomic E-state index is 4.61. The summed E-state index contributed by atoms with van der Waals surface area (Å²) in [6.07, 6.45) is 2.94. The van der Waals surface area contributed by atoms with Crippen LogP contribution >= 0.6 is 0 Å². The van der Waals surface area contributed by atoms with Crippen LogP contribution in [0.15, 0.2) is 24.4 Å². The third kappa shape index (κ3) is 2.06. The maximum absolute atomic E-state index is 4.61. The van der Waals surface area contributed by atoms with Crippen LogP contribution in [-0.2, 0) is 11.8 Å². The SMILES string of the molecule is CCc1cnc2nc(C(C)(C)C)ccc2c1. The fraction of sp³-hybridized carbons (Fsp3) is 0.429. The fourth-order valence-electron chi connectivity index (χ4n) is 1.67. The largest absolute Gasteiger partial charge is 0.236 e. The Morgan fingerprint density at radius 2 is 1.94 bits per heavy atom. The zero-order valence-electron chi connectivity index (χ0n) is 10.4. The standard InChI is InChI=1S/C14H18N2/c1-5-10-8-11-6-7-12(14(2,3)4)16-13(11)15-9-10/h6-9H,5H2,1-4H3. The molecule has 84 valence electrons. The molecule has 2 nitrogen and oxygen atoms in total. The van der Waals surface area contributed by atoms with Gasteiger partial charge in [-0.1, -0.05) is 27.7 Å². The molecule has 0 saturated carbocycles. The lowest BCUT2D eigenvalue weighted by molar-refractivity contribution is 0.571. The zero-order valence-corrected chi connectivity index (χ0v) is 10.4. The molecule has 2 heteroatoms. The first-order chi connectivity index (χ1) is 7.50. The van der Waals surface area contributed by atoms with Crippen LogP contribution in [0.2, 0.25) is 0 Å². The summed E-state index contributed by atoms with van der Waals surface area (Å²) in [7, 11) is 0. The minimum Gasteiger partial charge on any atom is -0.236 e. The number of rotatable bonds is 1. The number of aryl methyl sites for hydroxylation is 1. The molecule has 0 radical (unpaired) electrons. The van der Waals surface area contributed by atoms with Crippen LogP contribution in [0.4, 0.5) is 0 Å². The molecule has 0 spiro atoms. The van der Waals surface area contributed by atoms with Crippen LogP contribution < -0.4 is 0 Å². The van der Waals surface area contributed by atoms with Crippen LogP contribution in [-0.4, -0.2) is 9.97 Å². The number of fused-ring (bicyclic) bond motifs is 1. The Morgan fingerprint density at radius 3 is 2.56 bits per heavy atom. The number of aromatic nitrogens is 2. The summed E-state index contributed by atoms with van der Waals surface area (Å²) in [6, 6.07) is 6.39. The lowest BCUT2D eigenvalue weighted by atomic mass is 9.91. The van der Waals surface area contributed by atoms with E-state index >= 15 is 0 Å². The third-order valence-electron chi connectivity index (χ3n) is 2.78. The lowest BCUT2D eigenvalue weighted by Crippen LogP contribution is -2.13. The number of hydrogen-bond acceptors (Lipinski definition) is 2. The van der Waals surface area contributed by atoms with E-state index in [-0.39, 0.29) is 5.41 Å². The van der Waals surface area contributed by atoms with Crippen molar-refractivity contribution in [2.45, 2.75) is 39.5 Å². The molecule has 2 aromatic heterocycles. The van der Waals surface area contributed by atoms with E-state index < -0.39 is 0 Å². The molecule has 0 aliphatic heterocycles. The molecular weight excluding hydrogens is 196 g/mol. The van der Waals surface area contributed by atoms with E-state index in [2.05, 4.69) is 55.9 Å². The van der Waals surface area contributed by atoms with Crippen molar-refractivity contribution < 1.29 is 0 Å². The van der Waals surface area contributed by atoms with Gasteiger partial charge in [-0.15, -0.1) is 0 Å². The van der Waals surface area contributed by atoms with Crippen LogP contribution in [0, 0.1) is 0 Å². The van der Waals surface area contributed by atoms with E-state index in [1.165, 1.54) is 5.56 Å². The molecule has 0 N–H and O–H groups in total. The molecule has 2 aromatic rings. The van der Waals surface area contributed by atoms with Gasteiger partial charge in [0.2, 0.25) is 0 Å². The molecule has 0 amide bonds. The lowest BCUT2D eigenvalue weighted by Gasteiger charge is -2.17. The minimum atomic E-state index is 0.0826. The summed E-state index contributed by atoms with van der Waals surface area (Å²) in [5, 5.41) is 1.13. The summed E-state index contributed by atoms with van der Waals surface area (Å²) in [6.45, 7) is 8.64. The van der Waals surface area contributed by atoms with Gasteiger partial charge in [-0.25, -0.2) is 9.97 Å². The predicted octanol–water partition coefficient (Wildman–Crippen LogP) is 3.49. The molecule has 0 aliphatic rings. The van der Waals surface area contributed by atoms with E-state index in [4.69, 9.17) is 0 Å². The van der Waals surface area contributed by atoms with E-state index in [1.807, 2.05) is 6.20 Å². The van der Waals surface area contributed by atoms with Crippen molar-refractivity contribution >= 4 is 11.0 Å². The fourth-order valence-corrected chi connectivity index (χ4v) is 1.67. The van der Waals surface area contributed by atoms with E-state index in [1.54, 1.807) is 0 Å². The maximum Gasteiger partial charge on any atom is 0.159 e. The normalized spacial score (nSPS) is 12.0. The Kier molecular flexibility index (Phi) is 2.66. The second-order valence-corrected chi connectivity index (χ2v) is 5.19. The van der Waals surface area contributed by atoms with Crippen molar-refractivity contribution in [2.75, 3.05) is 0 Å². The van der Waals surface area contributed by atoms with Gasteiger partial charge >= 0.3 is 0 Å². The van der Waals surface area contributed by atoms with Crippen molar-refractivity contribution in [3.8, 4) is 0 Å². The van der Waals surface area contributed by atoms with Crippen LogP contribution in [0.1, 0.15) is 39.0 Å². The van der Waals surface area contributed by atoms with Gasteiger partial charge in [-0.2, -0.15) is 0 Å². The summed E-state index contributed by atoms with van der Waals surface area (Å²) in [4.78, 5) is 9.03. The second-order valence-electron chi connectivity index (χ2n) is 5.19. The molecule has 0 fully saturated rings. The van der Waals surface area contributed by atoms with Gasteiger partial charge in [0.1, 0.15) is 0 Å². The molecule has 0 bridgehead atoms. The molecule has 0 saturated heterocycles. The number of hydrogen-bond donors (Lipinski definition) is 0. The highest BCUT2D eigenvalue weighted by molar-refractivity contribution is 5.75. The Labute approximate surface area is 96.7 Å². The summed E-state index contributed by atoms with van der Waals surface area (Å²) < 4.78 is 0. The monoisotopic (exact) mass is 214 g/mol. The Hall–Kier alpha value is -1.44. The second kappa shape index (κ2) is 3.85. The molecule has 0 atom stereocenters. The van der Waals surface area contributed by atoms with Crippen molar-refractivity contribution in [3.05, 3.63) is 35.7 Å². The Morgan fingerprint density at radius 1 is 1.19 bits per heavy atom. The van der Waals surface area contributed by atoms with Crippen LogP contribution in [0.25, 0.3) is 11.0 Å². The molecule has 2 heterocycles. The smallest absolute Gasteiger partial charge is 0.159 e. The highest BCUT2D eigenvalue weighted by Gasteiger charge is 2.15. The van der Waals surface area contributed by atoms with Crippen molar-refractivity contribution in [3.63, 3.8) is 0 Å². The van der Waals surface area contributed by atoms with Gasteiger partial charge < -0.3 is 0 Å². The first-order valence-electron chi connectivity index (χ1n) is 5.77. The van der Waals surface area contributed by atoms with Gasteiger partial charge in [0, 0.05) is 22.7 Å². The highest BCUT2D eigenvalue weighted by atomic mass is 14.8. The van der Waals surface area contributed by atoms with E-state index in [0.717, 1.165) is 23.1 Å². The average molecular weight is 214 g/mol.